The Labute approximate surface area is 152 Å². The SMILES string of the molecule is N#Cc1cc(Cl)ccc1NC(=O)c1ccc(-c2ccc(F)cc2)[nH]c1=O. The van der Waals surface area contributed by atoms with E-state index in [9.17, 15) is 14.0 Å². The van der Waals surface area contributed by atoms with Gasteiger partial charge < -0.3 is 10.3 Å². The molecule has 2 N–H and O–H groups in total. The molecule has 0 bridgehead atoms. The number of anilines is 1. The molecule has 0 radical (unpaired) electrons. The van der Waals surface area contributed by atoms with Crippen LogP contribution in [0.1, 0.15) is 15.9 Å². The minimum absolute atomic E-state index is 0.116. The van der Waals surface area contributed by atoms with Crippen molar-refractivity contribution in [2.75, 3.05) is 5.32 Å². The molecule has 3 aromatic rings. The number of halogens is 2. The third kappa shape index (κ3) is 3.63. The second-order valence-corrected chi connectivity index (χ2v) is 5.81. The van der Waals surface area contributed by atoms with Gasteiger partial charge in [0.15, 0.2) is 0 Å². The van der Waals surface area contributed by atoms with Crippen molar-refractivity contribution in [3.8, 4) is 17.3 Å². The minimum Gasteiger partial charge on any atom is -0.321 e. The normalized spacial score (nSPS) is 10.2. The minimum atomic E-state index is -0.657. The Hall–Kier alpha value is -3.43. The molecule has 0 atom stereocenters. The number of benzene rings is 2. The molecule has 0 aliphatic rings. The molecule has 26 heavy (non-hydrogen) atoms. The number of aromatic amines is 1. The highest BCUT2D eigenvalue weighted by atomic mass is 35.5. The second kappa shape index (κ2) is 7.21. The Kier molecular flexibility index (Phi) is 4.83. The van der Waals surface area contributed by atoms with Crippen LogP contribution in [0.2, 0.25) is 5.02 Å². The van der Waals surface area contributed by atoms with Crippen LogP contribution in [0.4, 0.5) is 10.1 Å². The molecular weight excluding hydrogens is 357 g/mol. The van der Waals surface area contributed by atoms with E-state index in [1.807, 2.05) is 6.07 Å². The number of hydrogen-bond donors (Lipinski definition) is 2. The van der Waals surface area contributed by atoms with Gasteiger partial charge in [0.25, 0.3) is 11.5 Å². The lowest BCUT2D eigenvalue weighted by Crippen LogP contribution is -2.23. The monoisotopic (exact) mass is 367 g/mol. The fourth-order valence-corrected chi connectivity index (χ4v) is 2.53. The third-order valence-electron chi connectivity index (χ3n) is 3.66. The summed E-state index contributed by atoms with van der Waals surface area (Å²) >= 11 is 5.82. The molecule has 1 amide bonds. The van der Waals surface area contributed by atoms with Gasteiger partial charge in [0, 0.05) is 10.7 Å². The Bertz CT molecular complexity index is 1090. The zero-order valence-electron chi connectivity index (χ0n) is 13.2. The van der Waals surface area contributed by atoms with Crippen molar-refractivity contribution >= 4 is 23.2 Å². The van der Waals surface area contributed by atoms with Gasteiger partial charge in [-0.1, -0.05) is 11.6 Å². The molecule has 0 saturated heterocycles. The van der Waals surface area contributed by atoms with E-state index in [0.717, 1.165) is 0 Å². The number of amides is 1. The van der Waals surface area contributed by atoms with Gasteiger partial charge in [-0.3, -0.25) is 9.59 Å². The predicted octanol–water partition coefficient (Wildman–Crippen LogP) is 3.96. The first-order valence-corrected chi connectivity index (χ1v) is 7.86. The summed E-state index contributed by atoms with van der Waals surface area (Å²) in [7, 11) is 0. The fourth-order valence-electron chi connectivity index (χ4n) is 2.36. The largest absolute Gasteiger partial charge is 0.321 e. The summed E-state index contributed by atoms with van der Waals surface area (Å²) in [6.07, 6.45) is 0. The summed E-state index contributed by atoms with van der Waals surface area (Å²) in [5.41, 5.74) is 0.788. The molecule has 7 heteroatoms. The number of carbonyl (C=O) groups excluding carboxylic acids is 1. The van der Waals surface area contributed by atoms with Crippen molar-refractivity contribution in [3.05, 3.63) is 86.9 Å². The van der Waals surface area contributed by atoms with Gasteiger partial charge in [-0.15, -0.1) is 0 Å². The summed E-state index contributed by atoms with van der Waals surface area (Å²) in [5.74, 6) is -1.04. The summed E-state index contributed by atoms with van der Waals surface area (Å²) in [6, 6.07) is 14.9. The van der Waals surface area contributed by atoms with Crippen molar-refractivity contribution in [3.63, 3.8) is 0 Å². The standard InChI is InChI=1S/C19H11ClFN3O2/c20-13-3-7-17(12(9-13)10-22)24-19(26)15-6-8-16(23-18(15)25)11-1-4-14(21)5-2-11/h1-9H,(H,23,25)(H,24,26). The van der Waals surface area contributed by atoms with E-state index < -0.39 is 11.5 Å². The third-order valence-corrected chi connectivity index (χ3v) is 3.89. The zero-order chi connectivity index (χ0) is 18.7. The van der Waals surface area contributed by atoms with Crippen molar-refractivity contribution < 1.29 is 9.18 Å². The fraction of sp³-hybridized carbons (Fsp3) is 0. The maximum Gasteiger partial charge on any atom is 0.261 e. The van der Waals surface area contributed by atoms with Gasteiger partial charge in [-0.05, 0) is 60.2 Å². The molecule has 2 aromatic carbocycles. The molecule has 0 unspecified atom stereocenters. The number of hydrogen-bond acceptors (Lipinski definition) is 3. The van der Waals surface area contributed by atoms with Gasteiger partial charge in [-0.25, -0.2) is 4.39 Å². The average molecular weight is 368 g/mol. The highest BCUT2D eigenvalue weighted by Crippen LogP contribution is 2.21. The van der Waals surface area contributed by atoms with Crippen LogP contribution in [0.15, 0.2) is 59.4 Å². The van der Waals surface area contributed by atoms with Crippen LogP contribution >= 0.6 is 11.6 Å². The van der Waals surface area contributed by atoms with Gasteiger partial charge in [0.05, 0.1) is 11.3 Å². The van der Waals surface area contributed by atoms with Crippen molar-refractivity contribution in [1.82, 2.24) is 4.98 Å². The number of carbonyl (C=O) groups is 1. The van der Waals surface area contributed by atoms with E-state index in [1.54, 1.807) is 6.07 Å². The number of aromatic nitrogens is 1. The van der Waals surface area contributed by atoms with Crippen LogP contribution in [0.3, 0.4) is 0 Å². The topological polar surface area (TPSA) is 85.8 Å². The predicted molar refractivity (Wildman–Crippen MR) is 96.6 cm³/mol. The maximum atomic E-state index is 13.0. The Balaban J connectivity index is 1.88. The van der Waals surface area contributed by atoms with Gasteiger partial charge in [0.2, 0.25) is 0 Å². The zero-order valence-corrected chi connectivity index (χ0v) is 14.0. The van der Waals surface area contributed by atoms with Crippen molar-refractivity contribution in [2.45, 2.75) is 0 Å². The second-order valence-electron chi connectivity index (χ2n) is 5.38. The molecule has 0 spiro atoms. The molecule has 5 nitrogen and oxygen atoms in total. The first-order valence-electron chi connectivity index (χ1n) is 7.48. The van der Waals surface area contributed by atoms with E-state index in [-0.39, 0.29) is 22.6 Å². The average Bonchev–Trinajstić information content (AvgIpc) is 2.63. The number of rotatable bonds is 3. The molecule has 0 fully saturated rings. The molecule has 3 rings (SSSR count). The first-order chi connectivity index (χ1) is 12.5. The lowest BCUT2D eigenvalue weighted by molar-refractivity contribution is 0.102. The molecule has 0 aliphatic heterocycles. The number of H-pyrrole nitrogens is 1. The Morgan fingerprint density at radius 3 is 2.50 bits per heavy atom. The number of pyridine rings is 1. The van der Waals surface area contributed by atoms with Crippen LogP contribution < -0.4 is 10.9 Å². The molecule has 1 heterocycles. The van der Waals surface area contributed by atoms with E-state index in [1.165, 1.54) is 48.5 Å². The van der Waals surface area contributed by atoms with Crippen LogP contribution in [-0.2, 0) is 0 Å². The Morgan fingerprint density at radius 2 is 1.85 bits per heavy atom. The van der Waals surface area contributed by atoms with E-state index >= 15 is 0 Å². The van der Waals surface area contributed by atoms with Crippen molar-refractivity contribution in [2.24, 2.45) is 0 Å². The Morgan fingerprint density at radius 1 is 1.12 bits per heavy atom. The highest BCUT2D eigenvalue weighted by Gasteiger charge is 2.14. The molecular formula is C19H11ClFN3O2. The number of nitrogens with one attached hydrogen (secondary N) is 2. The molecule has 0 aliphatic carbocycles. The van der Waals surface area contributed by atoms with E-state index in [4.69, 9.17) is 16.9 Å². The first kappa shape index (κ1) is 17.4. The lowest BCUT2D eigenvalue weighted by Gasteiger charge is -2.08. The number of nitriles is 1. The summed E-state index contributed by atoms with van der Waals surface area (Å²) in [6.45, 7) is 0. The van der Waals surface area contributed by atoms with Gasteiger partial charge in [-0.2, -0.15) is 5.26 Å². The van der Waals surface area contributed by atoms with E-state index in [2.05, 4.69) is 10.3 Å². The highest BCUT2D eigenvalue weighted by molar-refractivity contribution is 6.30. The molecule has 128 valence electrons. The maximum absolute atomic E-state index is 13.0. The van der Waals surface area contributed by atoms with Gasteiger partial charge >= 0.3 is 0 Å². The van der Waals surface area contributed by atoms with Crippen LogP contribution in [-0.4, -0.2) is 10.9 Å². The van der Waals surface area contributed by atoms with Crippen molar-refractivity contribution in [1.29, 1.82) is 5.26 Å². The van der Waals surface area contributed by atoms with Crippen LogP contribution in [0.25, 0.3) is 11.3 Å². The van der Waals surface area contributed by atoms with Crippen LogP contribution in [0.5, 0.6) is 0 Å². The lowest BCUT2D eigenvalue weighted by atomic mass is 10.1. The summed E-state index contributed by atoms with van der Waals surface area (Å²) < 4.78 is 13.0. The van der Waals surface area contributed by atoms with Crippen LogP contribution in [0, 0.1) is 17.1 Å². The smallest absolute Gasteiger partial charge is 0.261 e. The summed E-state index contributed by atoms with van der Waals surface area (Å²) in [5, 5.41) is 12.0. The molecule has 1 aromatic heterocycles. The summed E-state index contributed by atoms with van der Waals surface area (Å²) in [4.78, 5) is 27.2. The quantitative estimate of drug-likeness (QED) is 0.734. The van der Waals surface area contributed by atoms with E-state index in [0.29, 0.717) is 16.3 Å². The van der Waals surface area contributed by atoms with Gasteiger partial charge in [0.1, 0.15) is 17.4 Å². The number of nitrogens with zero attached hydrogens (tertiary/aromatic N) is 1. The molecule has 0 saturated carbocycles.